The first-order valence-corrected chi connectivity index (χ1v) is 7.60. The van der Waals surface area contributed by atoms with Crippen molar-refractivity contribution in [3.05, 3.63) is 11.3 Å². The average molecular weight is 278 g/mol. The monoisotopic (exact) mass is 278 g/mol. The van der Waals surface area contributed by atoms with E-state index in [1.165, 1.54) is 0 Å². The number of aromatic carboxylic acids is 1. The summed E-state index contributed by atoms with van der Waals surface area (Å²) in [7, 11) is -3.04. The smallest absolute Gasteiger partial charge is 0.340 e. The average Bonchev–Trinajstić information content (AvgIpc) is 2.59. The second kappa shape index (κ2) is 5.46. The van der Waals surface area contributed by atoms with Gasteiger partial charge in [-0.3, -0.25) is 0 Å². The molecule has 6 nitrogen and oxygen atoms in total. The molecule has 1 heterocycles. The molecule has 0 aliphatic rings. The molecule has 2 N–H and O–H groups in total. The summed E-state index contributed by atoms with van der Waals surface area (Å²) in [6.45, 7) is 3.38. The van der Waals surface area contributed by atoms with Crippen molar-refractivity contribution in [3.63, 3.8) is 0 Å². The first-order chi connectivity index (χ1) is 7.87. The second-order valence-electron chi connectivity index (χ2n) is 3.44. The van der Waals surface area contributed by atoms with Gasteiger partial charge >= 0.3 is 5.97 Å². The van der Waals surface area contributed by atoms with Crippen LogP contribution in [0, 0.1) is 6.92 Å². The molecule has 1 aromatic heterocycles. The zero-order chi connectivity index (χ0) is 13.1. The third-order valence-corrected chi connectivity index (χ3v) is 4.82. The number of carbonyl (C=O) groups is 1. The SMILES string of the molecule is CCS(=O)(=O)CCNc1snc(C)c1C(=O)O. The van der Waals surface area contributed by atoms with E-state index in [9.17, 15) is 13.2 Å². The molecule has 0 saturated heterocycles. The van der Waals surface area contributed by atoms with Crippen molar-refractivity contribution in [2.75, 3.05) is 23.4 Å². The Morgan fingerprint density at radius 2 is 2.18 bits per heavy atom. The molecular weight excluding hydrogens is 264 g/mol. The Balaban J connectivity index is 2.68. The normalized spacial score (nSPS) is 11.4. The standard InChI is InChI=1S/C9H14N2O4S2/c1-3-17(14,15)5-4-10-8-7(9(12)13)6(2)11-16-8/h10H,3-5H2,1-2H3,(H,12,13). The molecule has 0 amide bonds. The van der Waals surface area contributed by atoms with Crippen LogP contribution in [0.4, 0.5) is 5.00 Å². The van der Waals surface area contributed by atoms with E-state index in [0.29, 0.717) is 10.7 Å². The van der Waals surface area contributed by atoms with E-state index >= 15 is 0 Å². The van der Waals surface area contributed by atoms with E-state index in [4.69, 9.17) is 5.11 Å². The predicted molar refractivity (Wildman–Crippen MR) is 66.6 cm³/mol. The zero-order valence-corrected chi connectivity index (χ0v) is 11.2. The fourth-order valence-electron chi connectivity index (χ4n) is 1.21. The molecule has 1 rings (SSSR count). The predicted octanol–water partition coefficient (Wildman–Crippen LogP) is 0.996. The highest BCUT2D eigenvalue weighted by molar-refractivity contribution is 7.91. The van der Waals surface area contributed by atoms with Gasteiger partial charge < -0.3 is 10.4 Å². The van der Waals surface area contributed by atoms with Crippen molar-refractivity contribution in [2.45, 2.75) is 13.8 Å². The van der Waals surface area contributed by atoms with Crippen molar-refractivity contribution in [1.29, 1.82) is 0 Å². The van der Waals surface area contributed by atoms with Crippen LogP contribution in [0.15, 0.2) is 0 Å². The lowest BCUT2D eigenvalue weighted by Gasteiger charge is -2.04. The van der Waals surface area contributed by atoms with Gasteiger partial charge in [0.25, 0.3) is 0 Å². The molecule has 0 atom stereocenters. The molecule has 0 aliphatic heterocycles. The number of carboxylic acids is 1. The van der Waals surface area contributed by atoms with Crippen LogP contribution in [-0.4, -0.2) is 41.9 Å². The van der Waals surface area contributed by atoms with Crippen LogP contribution in [0.1, 0.15) is 23.0 Å². The minimum Gasteiger partial charge on any atom is -0.478 e. The van der Waals surface area contributed by atoms with Gasteiger partial charge in [0.1, 0.15) is 10.6 Å². The van der Waals surface area contributed by atoms with Crippen molar-refractivity contribution in [2.24, 2.45) is 0 Å². The Morgan fingerprint density at radius 1 is 1.53 bits per heavy atom. The van der Waals surface area contributed by atoms with Crippen LogP contribution >= 0.6 is 11.5 Å². The Morgan fingerprint density at radius 3 is 2.71 bits per heavy atom. The van der Waals surface area contributed by atoms with Gasteiger partial charge in [-0.2, -0.15) is 4.37 Å². The molecule has 0 aliphatic carbocycles. The second-order valence-corrected chi connectivity index (χ2v) is 6.69. The molecule has 0 bridgehead atoms. The van der Waals surface area contributed by atoms with Gasteiger partial charge in [-0.1, -0.05) is 6.92 Å². The number of sulfone groups is 1. The molecule has 96 valence electrons. The Kier molecular flexibility index (Phi) is 4.47. The Hall–Kier alpha value is -1.15. The van der Waals surface area contributed by atoms with Crippen LogP contribution in [0.25, 0.3) is 0 Å². The largest absolute Gasteiger partial charge is 0.478 e. The summed E-state index contributed by atoms with van der Waals surface area (Å²) >= 11 is 1.03. The van der Waals surface area contributed by atoms with Crippen molar-refractivity contribution < 1.29 is 18.3 Å². The van der Waals surface area contributed by atoms with Gasteiger partial charge in [-0.25, -0.2) is 13.2 Å². The third kappa shape index (κ3) is 3.67. The molecular formula is C9H14N2O4S2. The van der Waals surface area contributed by atoms with Crippen molar-refractivity contribution in [1.82, 2.24) is 4.37 Å². The number of hydrogen-bond donors (Lipinski definition) is 2. The first kappa shape index (κ1) is 13.9. The highest BCUT2D eigenvalue weighted by Crippen LogP contribution is 2.23. The number of hydrogen-bond acceptors (Lipinski definition) is 6. The van der Waals surface area contributed by atoms with Crippen molar-refractivity contribution >= 4 is 32.3 Å². The summed E-state index contributed by atoms with van der Waals surface area (Å²) in [5.41, 5.74) is 0.548. The molecule has 1 aromatic rings. The highest BCUT2D eigenvalue weighted by Gasteiger charge is 2.17. The fourth-order valence-corrected chi connectivity index (χ4v) is 2.72. The number of nitrogens with one attached hydrogen (secondary N) is 1. The van der Waals surface area contributed by atoms with Crippen LogP contribution < -0.4 is 5.32 Å². The maximum absolute atomic E-state index is 11.2. The zero-order valence-electron chi connectivity index (χ0n) is 9.56. The number of aryl methyl sites for hydroxylation is 1. The minimum atomic E-state index is -3.04. The van der Waals surface area contributed by atoms with Gasteiger partial charge in [0.05, 0.1) is 11.4 Å². The van der Waals surface area contributed by atoms with E-state index < -0.39 is 15.8 Å². The van der Waals surface area contributed by atoms with Gasteiger partial charge in [-0.05, 0) is 18.5 Å². The van der Waals surface area contributed by atoms with Crippen LogP contribution in [0.3, 0.4) is 0 Å². The lowest BCUT2D eigenvalue weighted by Crippen LogP contribution is -2.17. The van der Waals surface area contributed by atoms with E-state index in [0.717, 1.165) is 11.5 Å². The molecule has 0 aromatic carbocycles. The summed E-state index contributed by atoms with van der Waals surface area (Å²) in [6.07, 6.45) is 0. The molecule has 0 unspecified atom stereocenters. The van der Waals surface area contributed by atoms with Gasteiger partial charge in [-0.15, -0.1) is 0 Å². The number of anilines is 1. The highest BCUT2D eigenvalue weighted by atomic mass is 32.2. The number of rotatable bonds is 6. The summed E-state index contributed by atoms with van der Waals surface area (Å²) in [4.78, 5) is 10.9. The van der Waals surface area contributed by atoms with E-state index in [-0.39, 0.29) is 23.6 Å². The van der Waals surface area contributed by atoms with Gasteiger partial charge in [0.2, 0.25) is 0 Å². The first-order valence-electron chi connectivity index (χ1n) is 5.01. The van der Waals surface area contributed by atoms with Crippen molar-refractivity contribution in [3.8, 4) is 0 Å². The lowest BCUT2D eigenvalue weighted by atomic mass is 10.2. The maximum atomic E-state index is 11.2. The molecule has 0 radical (unpaired) electrons. The quantitative estimate of drug-likeness (QED) is 0.805. The molecule has 0 saturated carbocycles. The van der Waals surface area contributed by atoms with E-state index in [1.807, 2.05) is 0 Å². The third-order valence-electron chi connectivity index (χ3n) is 2.22. The van der Waals surface area contributed by atoms with E-state index in [1.54, 1.807) is 13.8 Å². The molecule has 17 heavy (non-hydrogen) atoms. The lowest BCUT2D eigenvalue weighted by molar-refractivity contribution is 0.0697. The fraction of sp³-hybridized carbons (Fsp3) is 0.556. The summed E-state index contributed by atoms with van der Waals surface area (Å²) in [5.74, 6) is -0.987. The van der Waals surface area contributed by atoms with Gasteiger partial charge in [0, 0.05) is 12.3 Å². The Bertz CT molecular complexity index is 507. The van der Waals surface area contributed by atoms with Crippen LogP contribution in [0.5, 0.6) is 0 Å². The maximum Gasteiger partial charge on any atom is 0.340 e. The molecule has 8 heteroatoms. The summed E-state index contributed by atoms with van der Waals surface area (Å²) in [6, 6.07) is 0. The van der Waals surface area contributed by atoms with Gasteiger partial charge in [0.15, 0.2) is 9.84 Å². The molecule has 0 spiro atoms. The van der Waals surface area contributed by atoms with Crippen LogP contribution in [-0.2, 0) is 9.84 Å². The number of aromatic nitrogens is 1. The summed E-state index contributed by atoms with van der Waals surface area (Å²) in [5, 5.41) is 12.2. The summed E-state index contributed by atoms with van der Waals surface area (Å²) < 4.78 is 26.4. The Labute approximate surface area is 104 Å². The van der Waals surface area contributed by atoms with Crippen LogP contribution in [0.2, 0.25) is 0 Å². The number of nitrogens with zero attached hydrogens (tertiary/aromatic N) is 1. The minimum absolute atomic E-state index is 0.0144. The van der Waals surface area contributed by atoms with E-state index in [2.05, 4.69) is 9.69 Å². The number of carboxylic acid groups (broad SMARTS) is 1. The topological polar surface area (TPSA) is 96.4 Å². The molecule has 0 fully saturated rings.